The van der Waals surface area contributed by atoms with E-state index in [-0.39, 0.29) is 29.4 Å². The van der Waals surface area contributed by atoms with E-state index in [1.54, 1.807) is 0 Å². The van der Waals surface area contributed by atoms with Gasteiger partial charge in [-0.25, -0.2) is 0 Å². The van der Waals surface area contributed by atoms with E-state index >= 15 is 0 Å². The molecule has 0 radical (unpaired) electrons. The van der Waals surface area contributed by atoms with Gasteiger partial charge in [-0.3, -0.25) is 9.59 Å². The summed E-state index contributed by atoms with van der Waals surface area (Å²) in [4.78, 5) is 22.0. The van der Waals surface area contributed by atoms with Crippen molar-refractivity contribution in [1.29, 1.82) is 0 Å². The van der Waals surface area contributed by atoms with Gasteiger partial charge in [-0.05, 0) is 24.3 Å². The molecule has 0 spiro atoms. The molecule has 0 aliphatic heterocycles. The first-order valence-corrected chi connectivity index (χ1v) is 6.74. The summed E-state index contributed by atoms with van der Waals surface area (Å²) in [5.74, 6) is 0.0474. The van der Waals surface area contributed by atoms with Crippen molar-refractivity contribution in [3.05, 3.63) is 46.5 Å². The summed E-state index contributed by atoms with van der Waals surface area (Å²) in [6.07, 6.45) is 1.36. The van der Waals surface area contributed by atoms with Gasteiger partial charge in [0.15, 0.2) is 23.0 Å². The Morgan fingerprint density at radius 1 is 0.826 bits per heavy atom. The summed E-state index contributed by atoms with van der Waals surface area (Å²) >= 11 is 0. The highest BCUT2D eigenvalue weighted by molar-refractivity contribution is 5.79. The largest absolute Gasteiger partial charge is 0.504 e. The Kier molecular flexibility index (Phi) is 4.85. The lowest BCUT2D eigenvalue weighted by atomic mass is 9.99. The molecule has 0 atom stereocenters. The van der Waals surface area contributed by atoms with Crippen LogP contribution in [0.15, 0.2) is 24.3 Å². The van der Waals surface area contributed by atoms with Crippen LogP contribution in [0.1, 0.15) is 31.8 Å². The predicted molar refractivity (Wildman–Crippen MR) is 82.9 cm³/mol. The number of rotatable bonds is 6. The topological polar surface area (TPSA) is 93.1 Å². The number of phenols is 2. The van der Waals surface area contributed by atoms with E-state index in [1.165, 1.54) is 38.5 Å². The van der Waals surface area contributed by atoms with Gasteiger partial charge in [0.25, 0.3) is 0 Å². The average molecular weight is 316 g/mol. The smallest absolute Gasteiger partial charge is 0.161 e. The lowest BCUT2D eigenvalue weighted by molar-refractivity contribution is 0.111. The average Bonchev–Trinajstić information content (AvgIpc) is 2.58. The van der Waals surface area contributed by atoms with E-state index in [0.29, 0.717) is 34.8 Å². The Labute approximate surface area is 132 Å². The summed E-state index contributed by atoms with van der Waals surface area (Å²) in [5, 5.41) is 20.4. The van der Waals surface area contributed by atoms with Crippen LogP contribution in [0.2, 0.25) is 0 Å². The van der Waals surface area contributed by atoms with Crippen LogP contribution in [0, 0.1) is 0 Å². The monoisotopic (exact) mass is 316 g/mol. The standard InChI is InChI=1S/C17H16O6/c1-22-14-5-10(8-18)3-12(16(14)20)7-13-4-11(9-19)6-15(23-2)17(13)21/h3-6,8-9,20-21H,7H2,1-2H3. The van der Waals surface area contributed by atoms with Gasteiger partial charge in [0.1, 0.15) is 12.6 Å². The molecule has 23 heavy (non-hydrogen) atoms. The zero-order valence-electron chi connectivity index (χ0n) is 12.7. The number of aldehydes is 2. The highest BCUT2D eigenvalue weighted by Gasteiger charge is 2.16. The minimum absolute atomic E-state index is 0.0910. The highest BCUT2D eigenvalue weighted by Crippen LogP contribution is 2.37. The Morgan fingerprint density at radius 3 is 1.52 bits per heavy atom. The third-order valence-electron chi connectivity index (χ3n) is 3.45. The molecule has 0 amide bonds. The molecule has 0 aliphatic carbocycles. The molecule has 0 saturated heterocycles. The zero-order chi connectivity index (χ0) is 17.0. The van der Waals surface area contributed by atoms with Crippen molar-refractivity contribution >= 4 is 12.6 Å². The molecular formula is C17H16O6. The molecule has 2 aromatic rings. The fourth-order valence-corrected chi connectivity index (χ4v) is 2.30. The van der Waals surface area contributed by atoms with Crippen molar-refractivity contribution in [1.82, 2.24) is 0 Å². The second-order valence-electron chi connectivity index (χ2n) is 4.87. The van der Waals surface area contributed by atoms with Gasteiger partial charge < -0.3 is 19.7 Å². The zero-order valence-corrected chi connectivity index (χ0v) is 12.7. The molecular weight excluding hydrogens is 300 g/mol. The maximum Gasteiger partial charge on any atom is 0.161 e. The van der Waals surface area contributed by atoms with Crippen LogP contribution in [0.4, 0.5) is 0 Å². The third kappa shape index (κ3) is 3.26. The van der Waals surface area contributed by atoms with Crippen molar-refractivity contribution < 1.29 is 29.3 Å². The van der Waals surface area contributed by atoms with Crippen LogP contribution in [0.5, 0.6) is 23.0 Å². The lowest BCUT2D eigenvalue weighted by Gasteiger charge is -2.13. The van der Waals surface area contributed by atoms with Crippen molar-refractivity contribution in [2.45, 2.75) is 6.42 Å². The fourth-order valence-electron chi connectivity index (χ4n) is 2.30. The molecule has 2 N–H and O–H groups in total. The number of carbonyl (C=O) groups is 2. The first-order chi connectivity index (χ1) is 11.0. The molecule has 6 heteroatoms. The van der Waals surface area contributed by atoms with Crippen LogP contribution in [-0.4, -0.2) is 37.0 Å². The first kappa shape index (κ1) is 16.4. The number of hydrogen-bond acceptors (Lipinski definition) is 6. The third-order valence-corrected chi connectivity index (χ3v) is 3.45. The molecule has 0 fully saturated rings. The fraction of sp³-hybridized carbons (Fsp3) is 0.176. The van der Waals surface area contributed by atoms with Crippen molar-refractivity contribution in [2.75, 3.05) is 14.2 Å². The molecule has 0 aromatic heterocycles. The first-order valence-electron chi connectivity index (χ1n) is 6.74. The van der Waals surface area contributed by atoms with E-state index in [2.05, 4.69) is 0 Å². The van der Waals surface area contributed by atoms with Crippen LogP contribution < -0.4 is 9.47 Å². The number of methoxy groups -OCH3 is 2. The highest BCUT2D eigenvalue weighted by atomic mass is 16.5. The molecule has 0 bridgehead atoms. The second kappa shape index (κ2) is 6.83. The minimum Gasteiger partial charge on any atom is -0.504 e. The molecule has 0 unspecified atom stereocenters. The molecule has 6 nitrogen and oxygen atoms in total. The summed E-state index contributed by atoms with van der Waals surface area (Å²) in [6.45, 7) is 0. The van der Waals surface area contributed by atoms with Gasteiger partial charge in [-0.15, -0.1) is 0 Å². The second-order valence-corrected chi connectivity index (χ2v) is 4.87. The maximum atomic E-state index is 11.0. The number of carbonyl (C=O) groups excluding carboxylic acids is 2. The summed E-state index contributed by atoms with van der Waals surface area (Å²) in [7, 11) is 2.75. The van der Waals surface area contributed by atoms with Gasteiger partial charge in [-0.2, -0.15) is 0 Å². The number of hydrogen-bond donors (Lipinski definition) is 2. The van der Waals surface area contributed by atoms with Crippen LogP contribution in [-0.2, 0) is 6.42 Å². The van der Waals surface area contributed by atoms with Crippen molar-refractivity contribution in [3.63, 3.8) is 0 Å². The van der Waals surface area contributed by atoms with Gasteiger partial charge >= 0.3 is 0 Å². The molecule has 2 aromatic carbocycles. The quantitative estimate of drug-likeness (QED) is 0.795. The van der Waals surface area contributed by atoms with Gasteiger partial charge in [0.05, 0.1) is 14.2 Å². The number of ether oxygens (including phenoxy) is 2. The molecule has 0 aliphatic rings. The summed E-state index contributed by atoms with van der Waals surface area (Å²) < 4.78 is 10.1. The summed E-state index contributed by atoms with van der Waals surface area (Å²) in [5.41, 5.74) is 1.42. The van der Waals surface area contributed by atoms with Crippen molar-refractivity contribution in [3.8, 4) is 23.0 Å². The van der Waals surface area contributed by atoms with Crippen LogP contribution >= 0.6 is 0 Å². The molecule has 2 rings (SSSR count). The van der Waals surface area contributed by atoms with Crippen molar-refractivity contribution in [2.24, 2.45) is 0 Å². The van der Waals surface area contributed by atoms with Gasteiger partial charge in [0, 0.05) is 28.7 Å². The number of aromatic hydroxyl groups is 2. The van der Waals surface area contributed by atoms with E-state index in [4.69, 9.17) is 9.47 Å². The molecule has 0 saturated carbocycles. The number of benzene rings is 2. The predicted octanol–water partition coefficient (Wildman–Crippen LogP) is 2.33. The van der Waals surface area contributed by atoms with E-state index in [1.807, 2.05) is 0 Å². The molecule has 120 valence electrons. The number of phenolic OH excluding ortho intramolecular Hbond substituents is 2. The SMILES string of the molecule is COc1cc(C=O)cc(Cc2cc(C=O)cc(OC)c2O)c1O. The van der Waals surface area contributed by atoms with E-state index in [0.717, 1.165) is 0 Å². The summed E-state index contributed by atoms with van der Waals surface area (Å²) in [6, 6.07) is 5.80. The van der Waals surface area contributed by atoms with Gasteiger partial charge in [0.2, 0.25) is 0 Å². The Hall–Kier alpha value is -3.02. The molecule has 0 heterocycles. The van der Waals surface area contributed by atoms with Crippen LogP contribution in [0.3, 0.4) is 0 Å². The van der Waals surface area contributed by atoms with E-state index in [9.17, 15) is 19.8 Å². The minimum atomic E-state index is -0.132. The van der Waals surface area contributed by atoms with Gasteiger partial charge in [-0.1, -0.05) is 0 Å². The van der Waals surface area contributed by atoms with E-state index < -0.39 is 0 Å². The Balaban J connectivity index is 2.54. The Bertz CT molecular complexity index is 688. The normalized spacial score (nSPS) is 10.2. The van der Waals surface area contributed by atoms with Crippen LogP contribution in [0.25, 0.3) is 0 Å². The lowest BCUT2D eigenvalue weighted by Crippen LogP contribution is -1.98. The maximum absolute atomic E-state index is 11.0. The Morgan fingerprint density at radius 2 is 1.22 bits per heavy atom.